The van der Waals surface area contributed by atoms with Gasteiger partial charge in [0, 0.05) is 56.9 Å². The molecule has 46 heteroatoms. The SMILES string of the molecule is CO[C@@H]1[C@H](O)[C@@H](O[C@H]2[C@H](OC)[C@H](O)[C@@H](O[C@H]3[C@H](OC)[C@H](O)[C@@H](O[C@H]4[C@H](OC)[C@H](O)[C@@H](O[C@H]5[C@H](OC)[C@H](O)[C@@H](O[C@H]6[C@H](OC)[C@H](O)[C@@H](O[C@H]7[C@H](OC)[C@H](O)[C@@H](O[C@H]8[C@H](OC)[C@H](O)C(O)O[C@@H]8CO)O[C@@H]7CO)O[C@@H]6CO)O[C@@H]5CO)O[C@@H]4CO)O[C@@H]3CO)O[C@@H]2CO)O[C@H](CO)[C@H]1O[C@H]1O[C@H](CO)[C@@H](O)[C@H](O)[C@@H]1O. The summed E-state index contributed by atoms with van der Waals surface area (Å²) >= 11 is 0. The largest absolute Gasteiger partial charge is 0.394 e. The summed E-state index contributed by atoms with van der Waals surface area (Å²) in [6.45, 7) is -7.82. The summed E-state index contributed by atoms with van der Waals surface area (Å²) in [5.74, 6) is 0. The van der Waals surface area contributed by atoms with Gasteiger partial charge in [0.25, 0.3) is 0 Å². The standard InChI is InChI=1S/C62H108O46/c1-84-46-30(75)54(83)92-19(10-64)38(46)102-56-32(77)48(86-3)40(21(12-66)95-56)104-58-34(79)50(88-5)42(23(14-68)97-58)106-60-36(81)52(90-7)44(25(16-70)99-60)108-62-37(82)53(91-8)45(26(17-71)100-62)107-61-35(80)51(89-6)43(24(15-69)98-61)105-59-33(78)49(87-4)41(22(13-67)96-59)103-57-31(76)47(85-2)39(20(11-65)94-57)101-55-29(74)28(73)27(72)18(9-63)93-55/h18-83H,9-17H2,1-8H3/t18-,19-,20-,21-,22-,23-,24-,25-,26-,27-,28+,29+,30+,31+,32+,33+,34+,35+,36+,37+,38-,39-,40-,41-,42-,43-,44-,45-,46-,47-,48-,49-,50-,51-,52-,53-,54?,55-,56-,57-,58-,59-,60-,61-,62-/m1/s1. The maximum atomic E-state index is 12.0. The normalized spacial score (nSPS) is 50.6. The van der Waals surface area contributed by atoms with E-state index in [1.54, 1.807) is 0 Å². The molecule has 0 saturated carbocycles. The van der Waals surface area contributed by atoms with Crippen molar-refractivity contribution in [3.8, 4) is 0 Å². The smallest absolute Gasteiger partial charge is 0.187 e. The first kappa shape index (κ1) is 90.1. The quantitative estimate of drug-likeness (QED) is 0.0290. The highest BCUT2D eigenvalue weighted by molar-refractivity contribution is 5.04. The number of aliphatic hydroxyl groups is 21. The van der Waals surface area contributed by atoms with Crippen molar-refractivity contribution in [3.63, 3.8) is 0 Å². The third-order valence-electron chi connectivity index (χ3n) is 20.7. The maximum Gasteiger partial charge on any atom is 0.187 e. The van der Waals surface area contributed by atoms with Gasteiger partial charge in [0.1, 0.15) is 220 Å². The summed E-state index contributed by atoms with van der Waals surface area (Å²) in [6, 6.07) is 0. The van der Waals surface area contributed by atoms with E-state index in [0.717, 1.165) is 49.8 Å². The van der Waals surface area contributed by atoms with Gasteiger partial charge in [-0.1, -0.05) is 0 Å². The molecule has 0 aromatic carbocycles. The van der Waals surface area contributed by atoms with Crippen LogP contribution in [-0.4, -0.2) is 500 Å². The molecule has 9 saturated heterocycles. The molecule has 0 amide bonds. The fraction of sp³-hybridized carbons (Fsp3) is 1.00. The van der Waals surface area contributed by atoms with Gasteiger partial charge in [0.2, 0.25) is 0 Å². The predicted octanol–water partition coefficient (Wildman–Crippen LogP) is -15.4. The molecule has 9 aliphatic heterocycles. The number of methoxy groups -OCH3 is 8. The Morgan fingerprint density at radius 3 is 0.481 bits per heavy atom. The van der Waals surface area contributed by atoms with E-state index < -0.39 is 336 Å². The van der Waals surface area contributed by atoms with Crippen molar-refractivity contribution >= 4 is 0 Å². The fourth-order valence-electron chi connectivity index (χ4n) is 15.0. The summed E-state index contributed by atoms with van der Waals surface area (Å²) in [6.07, 6.45) is -74.3. The van der Waals surface area contributed by atoms with Crippen molar-refractivity contribution in [2.24, 2.45) is 0 Å². The van der Waals surface area contributed by atoms with Crippen LogP contribution in [-0.2, 0) is 118 Å². The molecule has 21 N–H and O–H groups in total. The van der Waals surface area contributed by atoms with Crippen LogP contribution in [0.4, 0.5) is 0 Å². The number of ether oxygens (including phenoxy) is 25. The Balaban J connectivity index is 0.818. The number of hydrogen-bond acceptors (Lipinski definition) is 46. The van der Waals surface area contributed by atoms with E-state index in [9.17, 15) is 107 Å². The topological polar surface area (TPSA) is 656 Å². The molecule has 45 atom stereocenters. The van der Waals surface area contributed by atoms with Crippen LogP contribution in [0.3, 0.4) is 0 Å². The van der Waals surface area contributed by atoms with Crippen molar-refractivity contribution in [2.75, 3.05) is 116 Å². The molecule has 0 radical (unpaired) electrons. The van der Waals surface area contributed by atoms with Crippen molar-refractivity contribution in [3.05, 3.63) is 0 Å². The van der Waals surface area contributed by atoms with E-state index in [1.165, 1.54) is 7.11 Å². The van der Waals surface area contributed by atoms with E-state index in [0.29, 0.717) is 0 Å². The third kappa shape index (κ3) is 18.6. The molecule has 0 spiro atoms. The highest BCUT2D eigenvalue weighted by Gasteiger charge is 2.62. The van der Waals surface area contributed by atoms with Gasteiger partial charge in [-0.15, -0.1) is 0 Å². The Morgan fingerprint density at radius 1 is 0.167 bits per heavy atom. The molecule has 632 valence electrons. The van der Waals surface area contributed by atoms with Crippen molar-refractivity contribution in [1.82, 2.24) is 0 Å². The number of rotatable bonds is 33. The van der Waals surface area contributed by atoms with Gasteiger partial charge in [-0.3, -0.25) is 0 Å². The molecule has 9 aliphatic rings. The van der Waals surface area contributed by atoms with Crippen molar-refractivity contribution < 1.29 is 226 Å². The van der Waals surface area contributed by atoms with Gasteiger partial charge < -0.3 is 226 Å². The molecule has 0 aromatic rings. The van der Waals surface area contributed by atoms with Gasteiger partial charge in [-0.25, -0.2) is 0 Å². The van der Waals surface area contributed by atoms with Crippen LogP contribution in [0, 0.1) is 0 Å². The lowest BCUT2D eigenvalue weighted by Crippen LogP contribution is -2.69. The van der Waals surface area contributed by atoms with Crippen LogP contribution in [0.2, 0.25) is 0 Å². The minimum Gasteiger partial charge on any atom is -0.394 e. The van der Waals surface area contributed by atoms with Crippen LogP contribution in [0.15, 0.2) is 0 Å². The first-order valence-electron chi connectivity index (χ1n) is 34.8. The Hall–Kier alpha value is -1.84. The summed E-state index contributed by atoms with van der Waals surface area (Å²) in [5, 5.41) is 230. The van der Waals surface area contributed by atoms with Crippen LogP contribution in [0.1, 0.15) is 0 Å². The molecular formula is C62H108O46. The Labute approximate surface area is 616 Å². The molecule has 0 aromatic heterocycles. The molecule has 46 nitrogen and oxygen atoms in total. The fourth-order valence-corrected chi connectivity index (χ4v) is 15.0. The summed E-state index contributed by atoms with van der Waals surface area (Å²) in [4.78, 5) is 0. The van der Waals surface area contributed by atoms with Crippen LogP contribution < -0.4 is 0 Å². The van der Waals surface area contributed by atoms with Crippen LogP contribution in [0.25, 0.3) is 0 Å². The summed E-state index contributed by atoms with van der Waals surface area (Å²) in [7, 11) is 9.17. The zero-order valence-corrected chi connectivity index (χ0v) is 59.9. The lowest BCUT2D eigenvalue weighted by atomic mass is 9.94. The zero-order chi connectivity index (χ0) is 79.0. The molecule has 9 fully saturated rings. The van der Waals surface area contributed by atoms with Crippen molar-refractivity contribution in [2.45, 2.75) is 276 Å². The summed E-state index contributed by atoms with van der Waals surface area (Å²) < 4.78 is 146. The first-order valence-corrected chi connectivity index (χ1v) is 34.8. The van der Waals surface area contributed by atoms with Gasteiger partial charge >= 0.3 is 0 Å². The molecule has 108 heavy (non-hydrogen) atoms. The molecule has 1 unspecified atom stereocenters. The van der Waals surface area contributed by atoms with Gasteiger partial charge in [-0.05, 0) is 0 Å². The average Bonchev–Trinajstić information content (AvgIpc) is 0.769. The van der Waals surface area contributed by atoms with Crippen LogP contribution in [0.5, 0.6) is 0 Å². The van der Waals surface area contributed by atoms with Gasteiger partial charge in [0.15, 0.2) is 56.6 Å². The Kier molecular flexibility index (Phi) is 34.1. The second-order valence-electron chi connectivity index (χ2n) is 26.9. The first-order chi connectivity index (χ1) is 51.8. The highest BCUT2D eigenvalue weighted by Crippen LogP contribution is 2.42. The average molecular weight is 1590 g/mol. The monoisotopic (exact) mass is 1590 g/mol. The van der Waals surface area contributed by atoms with E-state index in [-0.39, 0.29) is 0 Å². The van der Waals surface area contributed by atoms with Gasteiger partial charge in [-0.2, -0.15) is 0 Å². The Morgan fingerprint density at radius 2 is 0.315 bits per heavy atom. The minimum absolute atomic E-state index is 0.744. The Bertz CT molecular complexity index is 2610. The van der Waals surface area contributed by atoms with E-state index in [1.807, 2.05) is 0 Å². The second kappa shape index (κ2) is 40.8. The maximum absolute atomic E-state index is 12.0. The molecule has 0 bridgehead atoms. The van der Waals surface area contributed by atoms with E-state index in [4.69, 9.17) is 118 Å². The van der Waals surface area contributed by atoms with Gasteiger partial charge in [0.05, 0.1) is 59.5 Å². The molecule has 9 heterocycles. The minimum atomic E-state index is -1.93. The lowest BCUT2D eigenvalue weighted by molar-refractivity contribution is -0.402. The molecule has 9 rings (SSSR count). The second-order valence-corrected chi connectivity index (χ2v) is 26.9. The number of aliphatic hydroxyl groups excluding tert-OH is 21. The third-order valence-corrected chi connectivity index (χ3v) is 20.7. The highest BCUT2D eigenvalue weighted by atomic mass is 16.8. The van der Waals surface area contributed by atoms with Crippen LogP contribution >= 0.6 is 0 Å². The number of hydrogen-bond donors (Lipinski definition) is 21. The predicted molar refractivity (Wildman–Crippen MR) is 335 cm³/mol. The molecular weight excluding hydrogens is 1480 g/mol. The molecule has 0 aliphatic carbocycles. The van der Waals surface area contributed by atoms with E-state index in [2.05, 4.69) is 0 Å². The van der Waals surface area contributed by atoms with E-state index >= 15 is 0 Å². The zero-order valence-electron chi connectivity index (χ0n) is 59.9. The van der Waals surface area contributed by atoms with Crippen molar-refractivity contribution in [1.29, 1.82) is 0 Å². The lowest BCUT2D eigenvalue weighted by Gasteiger charge is -2.51. The summed E-state index contributed by atoms with van der Waals surface area (Å²) in [5.41, 5.74) is 0.